The number of Topliss-reactive ketones (excluding diaryl/α,β-unsaturated/α-hetero) is 1. The molecule has 3 nitrogen and oxygen atoms in total. The molecule has 1 unspecified atom stereocenters. The van der Waals surface area contributed by atoms with Gasteiger partial charge in [-0.15, -0.1) is 0 Å². The number of ether oxygens (including phenoxy) is 1. The summed E-state index contributed by atoms with van der Waals surface area (Å²) in [5, 5.41) is 0. The first-order chi connectivity index (χ1) is 11.6. The molecule has 0 aromatic heterocycles. The Morgan fingerprint density at radius 2 is 1.50 bits per heavy atom. The Kier molecular flexibility index (Phi) is 6.31. The third-order valence-corrected chi connectivity index (χ3v) is 4.53. The fourth-order valence-electron chi connectivity index (χ4n) is 2.56. The summed E-state index contributed by atoms with van der Waals surface area (Å²) < 4.78 is 7.03. The number of benzene rings is 2. The molecule has 0 fully saturated rings. The molecule has 0 saturated carbocycles. The van der Waals surface area contributed by atoms with Crippen LogP contribution >= 0.6 is 22.6 Å². The van der Waals surface area contributed by atoms with E-state index in [0.29, 0.717) is 11.1 Å². The van der Waals surface area contributed by atoms with Gasteiger partial charge in [-0.25, -0.2) is 0 Å². The molecule has 0 N–H and O–H groups in total. The molecule has 2 aromatic carbocycles. The number of halogens is 1. The zero-order valence-corrected chi connectivity index (χ0v) is 15.8. The van der Waals surface area contributed by atoms with Crippen molar-refractivity contribution in [1.29, 1.82) is 0 Å². The van der Waals surface area contributed by atoms with E-state index in [4.69, 9.17) is 4.74 Å². The Hall–Kier alpha value is -1.95. The maximum Gasteiger partial charge on any atom is 0.324 e. The highest BCUT2D eigenvalue weighted by atomic mass is 127. The Morgan fingerprint density at radius 1 is 1.00 bits per heavy atom. The van der Waals surface area contributed by atoms with Gasteiger partial charge in [0.2, 0.25) is 0 Å². The minimum Gasteiger partial charge on any atom is -0.465 e. The van der Waals surface area contributed by atoms with Crippen LogP contribution in [-0.4, -0.2) is 18.4 Å². The van der Waals surface area contributed by atoms with Crippen LogP contribution in [0.4, 0.5) is 0 Å². The Labute approximate surface area is 155 Å². The molecule has 2 aromatic rings. The Balaban J connectivity index is 2.59. The number of carbonyl (C=O) groups excluding carboxylic acids is 2. The van der Waals surface area contributed by atoms with Crippen LogP contribution in [0.1, 0.15) is 29.8 Å². The number of hydrogen-bond donors (Lipinski definition) is 0. The predicted molar refractivity (Wildman–Crippen MR) is 104 cm³/mol. The van der Waals surface area contributed by atoms with Crippen LogP contribution < -0.4 is 0 Å². The smallest absolute Gasteiger partial charge is 0.324 e. The molecule has 0 radical (unpaired) electrons. The summed E-state index contributed by atoms with van der Waals surface area (Å²) in [5.41, 5.74) is 0.544. The molecule has 4 heteroatoms. The summed E-state index contributed by atoms with van der Waals surface area (Å²) in [6.45, 7) is 3.60. The van der Waals surface area contributed by atoms with E-state index in [9.17, 15) is 9.59 Å². The maximum absolute atomic E-state index is 13.2. The lowest BCUT2D eigenvalue weighted by Gasteiger charge is -2.29. The van der Waals surface area contributed by atoms with Gasteiger partial charge in [0, 0.05) is 5.56 Å². The fraction of sp³-hybridized carbons (Fsp3) is 0.200. The van der Waals surface area contributed by atoms with Crippen LogP contribution in [-0.2, 0) is 9.53 Å². The summed E-state index contributed by atoms with van der Waals surface area (Å²) in [4.78, 5) is 26.0. The first-order valence-corrected chi connectivity index (χ1v) is 8.93. The van der Waals surface area contributed by atoms with E-state index in [-0.39, 0.29) is 12.4 Å². The molecule has 24 heavy (non-hydrogen) atoms. The van der Waals surface area contributed by atoms with Crippen LogP contribution in [0.15, 0.2) is 64.7 Å². The van der Waals surface area contributed by atoms with Gasteiger partial charge < -0.3 is 4.74 Å². The van der Waals surface area contributed by atoms with Crippen LogP contribution in [0, 0.1) is 5.41 Å². The van der Waals surface area contributed by atoms with E-state index in [1.165, 1.54) is 0 Å². The van der Waals surface area contributed by atoms with Crippen LogP contribution in [0.25, 0.3) is 5.57 Å². The van der Waals surface area contributed by atoms with E-state index >= 15 is 0 Å². The lowest BCUT2D eigenvalue weighted by Crippen LogP contribution is -2.39. The summed E-state index contributed by atoms with van der Waals surface area (Å²) in [7, 11) is 0. The number of esters is 1. The average molecular weight is 434 g/mol. The molecule has 1 atom stereocenters. The second-order valence-electron chi connectivity index (χ2n) is 5.43. The van der Waals surface area contributed by atoms with Crippen molar-refractivity contribution in [1.82, 2.24) is 0 Å². The van der Waals surface area contributed by atoms with Crippen LogP contribution in [0.5, 0.6) is 0 Å². The van der Waals surface area contributed by atoms with E-state index < -0.39 is 11.4 Å². The van der Waals surface area contributed by atoms with E-state index in [1.807, 2.05) is 36.4 Å². The molecule has 2 rings (SSSR count). The summed E-state index contributed by atoms with van der Waals surface area (Å²) in [5.74, 6) is -0.807. The quantitative estimate of drug-likeness (QED) is 0.281. The number of ketones is 1. The molecule has 0 aliphatic heterocycles. The van der Waals surface area contributed by atoms with Crippen LogP contribution in [0.3, 0.4) is 0 Å². The molecule has 0 amide bonds. The first-order valence-electron chi connectivity index (χ1n) is 7.69. The van der Waals surface area contributed by atoms with Crippen molar-refractivity contribution < 1.29 is 14.3 Å². The van der Waals surface area contributed by atoms with Crippen molar-refractivity contribution >= 4 is 39.9 Å². The van der Waals surface area contributed by atoms with Gasteiger partial charge in [-0.1, -0.05) is 83.3 Å². The molecule has 0 aliphatic carbocycles. The van der Waals surface area contributed by atoms with Gasteiger partial charge in [-0.3, -0.25) is 9.59 Å². The van der Waals surface area contributed by atoms with Crippen molar-refractivity contribution in [2.45, 2.75) is 13.8 Å². The molecule has 0 saturated heterocycles. The number of rotatable bonds is 6. The lowest BCUT2D eigenvalue weighted by atomic mass is 9.73. The molecular weight excluding hydrogens is 415 g/mol. The first kappa shape index (κ1) is 18.4. The van der Waals surface area contributed by atoms with Crippen LogP contribution in [0.2, 0.25) is 0 Å². The van der Waals surface area contributed by atoms with Crippen molar-refractivity contribution in [2.75, 3.05) is 6.61 Å². The van der Waals surface area contributed by atoms with Gasteiger partial charge >= 0.3 is 5.97 Å². The second-order valence-corrected chi connectivity index (χ2v) is 6.05. The van der Waals surface area contributed by atoms with E-state index in [2.05, 4.69) is 22.6 Å². The van der Waals surface area contributed by atoms with E-state index in [1.54, 1.807) is 42.2 Å². The highest BCUT2D eigenvalue weighted by Crippen LogP contribution is 2.40. The van der Waals surface area contributed by atoms with Crippen molar-refractivity contribution in [3.63, 3.8) is 0 Å². The largest absolute Gasteiger partial charge is 0.465 e. The molecule has 124 valence electrons. The van der Waals surface area contributed by atoms with Gasteiger partial charge in [-0.2, -0.15) is 0 Å². The topological polar surface area (TPSA) is 43.4 Å². The normalized spacial score (nSPS) is 13.9. The zero-order valence-electron chi connectivity index (χ0n) is 13.7. The molecule has 0 bridgehead atoms. The van der Waals surface area contributed by atoms with Gasteiger partial charge in [0.25, 0.3) is 0 Å². The average Bonchev–Trinajstić information content (AvgIpc) is 2.63. The van der Waals surface area contributed by atoms with Crippen molar-refractivity contribution in [3.8, 4) is 0 Å². The summed E-state index contributed by atoms with van der Waals surface area (Å²) in [6.07, 6.45) is 0. The minimum absolute atomic E-state index is 0.222. The standard InChI is InChI=1S/C20H19IO3/c1-3-24-19(23)20(2,18(22)16-12-8-5-9-13-16)17(14-21)15-10-6-4-7-11-15/h4-14H,3H2,1-2H3/b17-14+. The number of hydrogen-bond acceptors (Lipinski definition) is 3. The van der Waals surface area contributed by atoms with Gasteiger partial charge in [-0.05, 0) is 29.1 Å². The SMILES string of the molecule is CCOC(=O)C(C)(C(=O)c1ccccc1)/C(=C/I)c1ccccc1. The molecule has 0 heterocycles. The second kappa shape index (κ2) is 8.24. The highest BCUT2D eigenvalue weighted by molar-refractivity contribution is 14.1. The Morgan fingerprint density at radius 3 is 1.96 bits per heavy atom. The lowest BCUT2D eigenvalue weighted by molar-refractivity contribution is -0.148. The predicted octanol–water partition coefficient (Wildman–Crippen LogP) is 4.91. The molecule has 0 spiro atoms. The van der Waals surface area contributed by atoms with Gasteiger partial charge in [0.15, 0.2) is 11.2 Å². The van der Waals surface area contributed by atoms with Crippen molar-refractivity contribution in [2.24, 2.45) is 5.41 Å². The monoisotopic (exact) mass is 434 g/mol. The molecular formula is C20H19IO3. The van der Waals surface area contributed by atoms with Crippen molar-refractivity contribution in [3.05, 3.63) is 75.9 Å². The maximum atomic E-state index is 13.2. The highest BCUT2D eigenvalue weighted by Gasteiger charge is 2.46. The molecule has 0 aliphatic rings. The fourth-order valence-corrected chi connectivity index (χ4v) is 3.54. The third-order valence-electron chi connectivity index (χ3n) is 3.91. The summed E-state index contributed by atoms with van der Waals surface area (Å²) in [6, 6.07) is 18.3. The summed E-state index contributed by atoms with van der Waals surface area (Å²) >= 11 is 2.07. The Bertz CT molecular complexity index is 738. The van der Waals surface area contributed by atoms with E-state index in [0.717, 1.165) is 5.56 Å². The number of carbonyl (C=O) groups is 2. The zero-order chi connectivity index (χ0) is 17.6. The minimum atomic E-state index is -1.40. The van der Waals surface area contributed by atoms with Gasteiger partial charge in [0.1, 0.15) is 0 Å². The third kappa shape index (κ3) is 3.59. The van der Waals surface area contributed by atoms with Gasteiger partial charge in [0.05, 0.1) is 6.61 Å².